The average Bonchev–Trinajstić information content (AvgIpc) is 3.28. The van der Waals surface area contributed by atoms with Crippen molar-refractivity contribution in [3.63, 3.8) is 0 Å². The van der Waals surface area contributed by atoms with Crippen LogP contribution in [0.1, 0.15) is 44.3 Å². The monoisotopic (exact) mass is 538 g/mol. The van der Waals surface area contributed by atoms with E-state index >= 15 is 0 Å². The maximum absolute atomic E-state index is 14.1. The number of carbonyl (C=O) groups is 4. The second kappa shape index (κ2) is 12.2. The number of carbonyl (C=O) groups excluding carboxylic acids is 4. The van der Waals surface area contributed by atoms with E-state index in [2.05, 4.69) is 9.69 Å². The molecule has 0 radical (unpaired) electrons. The first-order valence-electron chi connectivity index (χ1n) is 11.7. The Morgan fingerprint density at radius 1 is 1.08 bits per heavy atom. The molecule has 3 aromatic rings. The Morgan fingerprint density at radius 2 is 1.74 bits per heavy atom. The minimum absolute atomic E-state index is 0.0462. The number of amides is 3. The normalized spacial score (nSPS) is 11.4. The van der Waals surface area contributed by atoms with Crippen molar-refractivity contribution in [3.05, 3.63) is 70.2 Å². The Hall–Kier alpha value is -4.45. The van der Waals surface area contributed by atoms with Crippen molar-refractivity contribution >= 4 is 52.3 Å². The zero-order chi connectivity index (χ0) is 28.0. The third kappa shape index (κ3) is 6.09. The fourth-order valence-electron chi connectivity index (χ4n) is 3.78. The summed E-state index contributed by atoms with van der Waals surface area (Å²) in [6, 6.07) is 12.9. The van der Waals surface area contributed by atoms with E-state index in [1.807, 2.05) is 31.1 Å². The Balaban J connectivity index is 2.18. The SMILES string of the molecule is CCOC(=O)CNC(=O)[C@@H](c1ccc(N(C)C)cc1)N(C(=O)c1snc(C(N)=O)c1N)c1ccccc1C. The summed E-state index contributed by atoms with van der Waals surface area (Å²) in [7, 11) is 3.76. The predicted octanol–water partition coefficient (Wildman–Crippen LogP) is 2.27. The third-order valence-corrected chi connectivity index (χ3v) is 6.54. The van der Waals surface area contributed by atoms with E-state index in [-0.39, 0.29) is 29.4 Å². The van der Waals surface area contributed by atoms with Gasteiger partial charge in [-0.05, 0) is 54.7 Å². The number of hydrogen-bond donors (Lipinski definition) is 3. The lowest BCUT2D eigenvalue weighted by molar-refractivity contribution is -0.143. The van der Waals surface area contributed by atoms with Crippen LogP contribution in [0.2, 0.25) is 0 Å². The van der Waals surface area contributed by atoms with Crippen molar-refractivity contribution < 1.29 is 23.9 Å². The highest BCUT2D eigenvalue weighted by Crippen LogP contribution is 2.35. The average molecular weight is 539 g/mol. The van der Waals surface area contributed by atoms with Gasteiger partial charge in [0.25, 0.3) is 11.8 Å². The first kappa shape index (κ1) is 28.1. The summed E-state index contributed by atoms with van der Waals surface area (Å²) < 4.78 is 8.89. The molecule has 0 aliphatic carbocycles. The molecule has 0 saturated heterocycles. The highest BCUT2D eigenvalue weighted by molar-refractivity contribution is 7.09. The van der Waals surface area contributed by atoms with Gasteiger partial charge in [-0.1, -0.05) is 30.3 Å². The van der Waals surface area contributed by atoms with Crippen molar-refractivity contribution in [3.8, 4) is 0 Å². The molecule has 0 aliphatic heterocycles. The van der Waals surface area contributed by atoms with Gasteiger partial charge in [-0.15, -0.1) is 0 Å². The molecular weight excluding hydrogens is 508 g/mol. The van der Waals surface area contributed by atoms with Gasteiger partial charge in [0.1, 0.15) is 17.5 Å². The van der Waals surface area contributed by atoms with Gasteiger partial charge in [-0.2, -0.15) is 4.37 Å². The number of nitrogen functional groups attached to an aromatic ring is 1. The molecule has 0 spiro atoms. The number of ether oxygens (including phenoxy) is 1. The predicted molar refractivity (Wildman–Crippen MR) is 146 cm³/mol. The smallest absolute Gasteiger partial charge is 0.325 e. The summed E-state index contributed by atoms with van der Waals surface area (Å²) in [5.41, 5.74) is 13.6. The second-order valence-electron chi connectivity index (χ2n) is 8.51. The lowest BCUT2D eigenvalue weighted by atomic mass is 10.0. The van der Waals surface area contributed by atoms with Crippen molar-refractivity contribution in [2.45, 2.75) is 19.9 Å². The molecule has 3 amide bonds. The topological polar surface area (TPSA) is 161 Å². The van der Waals surface area contributed by atoms with Crippen molar-refractivity contribution in [1.29, 1.82) is 0 Å². The molecule has 0 bridgehead atoms. The van der Waals surface area contributed by atoms with Crippen LogP contribution in [0.25, 0.3) is 0 Å². The summed E-state index contributed by atoms with van der Waals surface area (Å²) in [5, 5.41) is 2.58. The molecular formula is C26H30N6O5S. The first-order valence-corrected chi connectivity index (χ1v) is 12.5. The molecule has 1 aromatic heterocycles. The van der Waals surface area contributed by atoms with E-state index in [9.17, 15) is 19.2 Å². The van der Waals surface area contributed by atoms with Gasteiger partial charge < -0.3 is 26.4 Å². The first-order chi connectivity index (χ1) is 18.1. The summed E-state index contributed by atoms with van der Waals surface area (Å²) in [5.74, 6) is -2.77. The molecule has 0 unspecified atom stereocenters. The fourth-order valence-corrected chi connectivity index (χ4v) is 4.52. The molecule has 38 heavy (non-hydrogen) atoms. The molecule has 2 aromatic carbocycles. The minimum atomic E-state index is -1.22. The van der Waals surface area contributed by atoms with Gasteiger partial charge >= 0.3 is 5.97 Å². The zero-order valence-corrected chi connectivity index (χ0v) is 22.4. The lowest BCUT2D eigenvalue weighted by Crippen LogP contribution is -2.45. The maximum Gasteiger partial charge on any atom is 0.325 e. The number of primary amides is 1. The van der Waals surface area contributed by atoms with E-state index in [1.165, 1.54) is 4.90 Å². The minimum Gasteiger partial charge on any atom is -0.465 e. The van der Waals surface area contributed by atoms with E-state index in [0.29, 0.717) is 16.8 Å². The summed E-state index contributed by atoms with van der Waals surface area (Å²) >= 11 is 0.717. The molecule has 1 atom stereocenters. The number of rotatable bonds is 10. The number of benzene rings is 2. The number of anilines is 3. The van der Waals surface area contributed by atoms with Gasteiger partial charge in [0.2, 0.25) is 5.91 Å². The van der Waals surface area contributed by atoms with Crippen LogP contribution in [-0.4, -0.2) is 55.3 Å². The summed E-state index contributed by atoms with van der Waals surface area (Å²) in [6.07, 6.45) is 0. The van der Waals surface area contributed by atoms with Crippen molar-refractivity contribution in [1.82, 2.24) is 9.69 Å². The molecule has 0 saturated carbocycles. The highest BCUT2D eigenvalue weighted by Gasteiger charge is 2.36. The molecule has 3 rings (SSSR count). The van der Waals surface area contributed by atoms with Gasteiger partial charge in [-0.3, -0.25) is 24.1 Å². The highest BCUT2D eigenvalue weighted by atomic mass is 32.1. The number of nitrogens with one attached hydrogen (secondary N) is 1. The van der Waals surface area contributed by atoms with E-state index in [1.54, 1.807) is 50.2 Å². The van der Waals surface area contributed by atoms with Crippen LogP contribution in [-0.2, 0) is 14.3 Å². The number of nitrogens with two attached hydrogens (primary N) is 2. The van der Waals surface area contributed by atoms with Crippen LogP contribution >= 0.6 is 11.5 Å². The number of nitrogens with zero attached hydrogens (tertiary/aromatic N) is 3. The van der Waals surface area contributed by atoms with Crippen LogP contribution in [0.4, 0.5) is 17.1 Å². The van der Waals surface area contributed by atoms with Gasteiger partial charge in [-0.25, -0.2) is 0 Å². The quantitative estimate of drug-likeness (QED) is 0.331. The summed E-state index contributed by atoms with van der Waals surface area (Å²) in [4.78, 5) is 54.7. The molecule has 0 aliphatic rings. The lowest BCUT2D eigenvalue weighted by Gasteiger charge is -2.32. The van der Waals surface area contributed by atoms with E-state index < -0.39 is 29.7 Å². The third-order valence-electron chi connectivity index (χ3n) is 5.69. The maximum atomic E-state index is 14.1. The summed E-state index contributed by atoms with van der Waals surface area (Å²) in [6.45, 7) is 3.23. The Bertz CT molecular complexity index is 1340. The fraction of sp³-hybridized carbons (Fsp3) is 0.269. The van der Waals surface area contributed by atoms with Crippen molar-refractivity contribution in [2.24, 2.45) is 5.73 Å². The zero-order valence-electron chi connectivity index (χ0n) is 21.6. The van der Waals surface area contributed by atoms with Gasteiger partial charge in [0.15, 0.2) is 5.69 Å². The number of hydrogen-bond acceptors (Lipinski definition) is 9. The Kier molecular flexibility index (Phi) is 9.02. The van der Waals surface area contributed by atoms with Gasteiger partial charge in [0.05, 0.1) is 12.3 Å². The Morgan fingerprint density at radius 3 is 2.29 bits per heavy atom. The largest absolute Gasteiger partial charge is 0.465 e. The van der Waals surface area contributed by atoms with Crippen LogP contribution in [0, 0.1) is 6.92 Å². The van der Waals surface area contributed by atoms with Crippen LogP contribution in [0.15, 0.2) is 48.5 Å². The Labute approximate surface area is 224 Å². The van der Waals surface area contributed by atoms with E-state index in [0.717, 1.165) is 17.2 Å². The van der Waals surface area contributed by atoms with E-state index in [4.69, 9.17) is 16.2 Å². The molecule has 200 valence electrons. The molecule has 0 fully saturated rings. The van der Waals surface area contributed by atoms with Gasteiger partial charge in [0, 0.05) is 25.5 Å². The van der Waals surface area contributed by atoms with Crippen LogP contribution in [0.3, 0.4) is 0 Å². The molecule has 11 nitrogen and oxygen atoms in total. The standard InChI is InChI=1S/C26H30N6O5S/c1-5-37-19(33)14-29-25(35)22(16-10-12-17(13-11-16)31(3)4)32(18-9-7-6-8-15(18)2)26(36)23-20(27)21(24(28)34)30-38-23/h6-13,22H,5,14,27H2,1-4H3,(H2,28,34)(H,29,35)/t22-/m1/s1. The molecule has 1 heterocycles. The number of aryl methyl sites for hydroxylation is 1. The number of esters is 1. The molecule has 5 N–H and O–H groups in total. The van der Waals surface area contributed by atoms with Crippen molar-refractivity contribution in [2.75, 3.05) is 42.8 Å². The number of aromatic nitrogens is 1. The van der Waals surface area contributed by atoms with Crippen LogP contribution in [0.5, 0.6) is 0 Å². The van der Waals surface area contributed by atoms with Crippen LogP contribution < -0.4 is 26.6 Å². The number of para-hydroxylation sites is 1. The molecule has 12 heteroatoms. The second-order valence-corrected chi connectivity index (χ2v) is 9.28.